The second-order valence-corrected chi connectivity index (χ2v) is 6.14. The van der Waals surface area contributed by atoms with E-state index in [1.807, 2.05) is 12.1 Å². The number of nitrogens with one attached hydrogen (secondary N) is 1. The van der Waals surface area contributed by atoms with E-state index < -0.39 is 0 Å². The molecular formula is C14H23ClN2OS. The van der Waals surface area contributed by atoms with Gasteiger partial charge in [0, 0.05) is 11.7 Å². The number of pyridine rings is 1. The first-order valence-electron chi connectivity index (χ1n) is 6.76. The van der Waals surface area contributed by atoms with E-state index in [0.29, 0.717) is 5.02 Å². The van der Waals surface area contributed by atoms with Gasteiger partial charge in [-0.05, 0) is 43.7 Å². The lowest BCUT2D eigenvalue weighted by atomic mass is 9.91. The number of aliphatic hydroxyl groups excluding tert-OH is 1. The number of aliphatic hydroxyl groups is 1. The van der Waals surface area contributed by atoms with Crippen LogP contribution in [0.5, 0.6) is 0 Å². The fraction of sp³-hybridized carbons (Fsp3) is 0.643. The maximum absolute atomic E-state index is 9.56. The number of halogens is 1. The van der Waals surface area contributed by atoms with Gasteiger partial charge in [-0.3, -0.25) is 0 Å². The van der Waals surface area contributed by atoms with E-state index in [2.05, 4.69) is 24.1 Å². The maximum atomic E-state index is 9.56. The highest BCUT2D eigenvalue weighted by atomic mass is 35.5. The van der Waals surface area contributed by atoms with Crippen LogP contribution in [0.1, 0.15) is 33.1 Å². The monoisotopic (exact) mass is 302 g/mol. The molecule has 0 saturated carbocycles. The van der Waals surface area contributed by atoms with Crippen molar-refractivity contribution in [2.75, 3.05) is 18.9 Å². The highest BCUT2D eigenvalue weighted by Gasteiger charge is 2.25. The van der Waals surface area contributed by atoms with Crippen molar-refractivity contribution in [2.24, 2.45) is 0 Å². The lowest BCUT2D eigenvalue weighted by Gasteiger charge is -2.31. The molecule has 5 heteroatoms. The Bertz CT molecular complexity index is 355. The molecule has 1 aromatic heterocycles. The third kappa shape index (κ3) is 5.69. The van der Waals surface area contributed by atoms with Crippen LogP contribution in [0.3, 0.4) is 0 Å². The summed E-state index contributed by atoms with van der Waals surface area (Å²) in [5.74, 6) is 1.00. The predicted octanol–water partition coefficient (Wildman–Crippen LogP) is 3.36. The fourth-order valence-corrected chi connectivity index (χ4v) is 2.95. The van der Waals surface area contributed by atoms with Gasteiger partial charge in [-0.1, -0.05) is 25.4 Å². The van der Waals surface area contributed by atoms with Crippen LogP contribution in [0.2, 0.25) is 5.02 Å². The molecule has 2 N–H and O–H groups in total. The van der Waals surface area contributed by atoms with Gasteiger partial charge in [-0.25, -0.2) is 4.98 Å². The molecule has 0 aliphatic heterocycles. The minimum atomic E-state index is -0.122. The molecule has 0 radical (unpaired) electrons. The standard InChI is InChI=1S/C14H23ClN2OS/c1-3-14(11-18,17-4-2)8-5-9-19-13-7-6-12(15)10-16-13/h6-7,10,17-18H,3-5,8-9,11H2,1-2H3. The quantitative estimate of drug-likeness (QED) is 0.542. The number of hydrogen-bond donors (Lipinski definition) is 2. The highest BCUT2D eigenvalue weighted by molar-refractivity contribution is 7.99. The summed E-state index contributed by atoms with van der Waals surface area (Å²) in [5, 5.41) is 14.6. The van der Waals surface area contributed by atoms with Crippen LogP contribution in [-0.2, 0) is 0 Å². The van der Waals surface area contributed by atoms with Crippen molar-refractivity contribution < 1.29 is 5.11 Å². The van der Waals surface area contributed by atoms with Crippen molar-refractivity contribution in [2.45, 2.75) is 43.7 Å². The second kappa shape index (κ2) is 8.80. The Morgan fingerprint density at radius 2 is 2.21 bits per heavy atom. The molecule has 0 aliphatic rings. The summed E-state index contributed by atoms with van der Waals surface area (Å²) in [6.45, 7) is 5.28. The molecule has 0 spiro atoms. The molecule has 0 aliphatic carbocycles. The van der Waals surface area contributed by atoms with Crippen LogP contribution in [0, 0.1) is 0 Å². The minimum absolute atomic E-state index is 0.122. The Morgan fingerprint density at radius 1 is 1.42 bits per heavy atom. The molecule has 0 amide bonds. The number of likely N-dealkylation sites (N-methyl/N-ethyl adjacent to an activating group) is 1. The van der Waals surface area contributed by atoms with Crippen molar-refractivity contribution in [1.82, 2.24) is 10.3 Å². The van der Waals surface area contributed by atoms with Gasteiger partial charge in [0.25, 0.3) is 0 Å². The van der Waals surface area contributed by atoms with Gasteiger partial charge in [0.15, 0.2) is 0 Å². The van der Waals surface area contributed by atoms with Gasteiger partial charge < -0.3 is 10.4 Å². The van der Waals surface area contributed by atoms with Crippen LogP contribution in [0.15, 0.2) is 23.4 Å². The largest absolute Gasteiger partial charge is 0.394 e. The van der Waals surface area contributed by atoms with Crippen molar-refractivity contribution in [3.8, 4) is 0 Å². The Morgan fingerprint density at radius 3 is 2.74 bits per heavy atom. The summed E-state index contributed by atoms with van der Waals surface area (Å²) in [7, 11) is 0. The summed E-state index contributed by atoms with van der Waals surface area (Å²) in [6.07, 6.45) is 4.65. The van der Waals surface area contributed by atoms with Crippen LogP contribution < -0.4 is 5.32 Å². The van der Waals surface area contributed by atoms with Gasteiger partial charge in [0.05, 0.1) is 16.7 Å². The van der Waals surface area contributed by atoms with E-state index in [1.54, 1.807) is 18.0 Å². The third-order valence-corrected chi connectivity index (χ3v) is 4.53. The molecule has 1 aromatic rings. The summed E-state index contributed by atoms with van der Waals surface area (Å²) < 4.78 is 0. The lowest BCUT2D eigenvalue weighted by Crippen LogP contribution is -2.48. The lowest BCUT2D eigenvalue weighted by molar-refractivity contribution is 0.148. The molecule has 1 rings (SSSR count). The zero-order valence-electron chi connectivity index (χ0n) is 11.7. The van der Waals surface area contributed by atoms with Gasteiger partial charge in [0.2, 0.25) is 0 Å². The average molecular weight is 303 g/mol. The van der Waals surface area contributed by atoms with E-state index in [1.165, 1.54) is 0 Å². The topological polar surface area (TPSA) is 45.1 Å². The first kappa shape index (κ1) is 16.8. The normalized spacial score (nSPS) is 14.3. The van der Waals surface area contributed by atoms with E-state index in [-0.39, 0.29) is 12.1 Å². The zero-order valence-corrected chi connectivity index (χ0v) is 13.2. The number of rotatable bonds is 9. The van der Waals surface area contributed by atoms with Crippen molar-refractivity contribution in [1.29, 1.82) is 0 Å². The molecule has 0 saturated heterocycles. The van der Waals surface area contributed by atoms with Gasteiger partial charge in [-0.2, -0.15) is 0 Å². The summed E-state index contributed by atoms with van der Waals surface area (Å²) in [4.78, 5) is 4.25. The Kier molecular flexibility index (Phi) is 7.76. The van der Waals surface area contributed by atoms with Crippen molar-refractivity contribution >= 4 is 23.4 Å². The zero-order chi connectivity index (χ0) is 14.1. The van der Waals surface area contributed by atoms with Crippen molar-refractivity contribution in [3.63, 3.8) is 0 Å². The summed E-state index contributed by atoms with van der Waals surface area (Å²) in [6, 6.07) is 3.80. The van der Waals surface area contributed by atoms with Crippen LogP contribution in [0.25, 0.3) is 0 Å². The minimum Gasteiger partial charge on any atom is -0.394 e. The second-order valence-electron chi connectivity index (χ2n) is 4.59. The molecule has 0 aromatic carbocycles. The van der Waals surface area contributed by atoms with Crippen LogP contribution in [-0.4, -0.2) is 34.5 Å². The molecule has 1 heterocycles. The van der Waals surface area contributed by atoms with Crippen molar-refractivity contribution in [3.05, 3.63) is 23.4 Å². The number of aromatic nitrogens is 1. The van der Waals surface area contributed by atoms with E-state index >= 15 is 0 Å². The fourth-order valence-electron chi connectivity index (χ4n) is 2.05. The van der Waals surface area contributed by atoms with E-state index in [0.717, 1.165) is 36.6 Å². The molecule has 19 heavy (non-hydrogen) atoms. The molecule has 0 bridgehead atoms. The number of hydrogen-bond acceptors (Lipinski definition) is 4. The predicted molar refractivity (Wildman–Crippen MR) is 83.0 cm³/mol. The van der Waals surface area contributed by atoms with E-state index in [9.17, 15) is 5.11 Å². The Labute approximate surface area is 125 Å². The molecular weight excluding hydrogens is 280 g/mol. The highest BCUT2D eigenvalue weighted by Crippen LogP contribution is 2.22. The van der Waals surface area contributed by atoms with Gasteiger partial charge in [0.1, 0.15) is 0 Å². The molecule has 1 atom stereocenters. The third-order valence-electron chi connectivity index (χ3n) is 3.28. The Hall–Kier alpha value is -0.290. The number of thioether (sulfide) groups is 1. The number of nitrogens with zero attached hydrogens (tertiary/aromatic N) is 1. The SMILES string of the molecule is CCNC(CC)(CO)CCCSc1ccc(Cl)cn1. The average Bonchev–Trinajstić information content (AvgIpc) is 2.44. The maximum Gasteiger partial charge on any atom is 0.0960 e. The molecule has 0 fully saturated rings. The summed E-state index contributed by atoms with van der Waals surface area (Å²) >= 11 is 7.53. The smallest absolute Gasteiger partial charge is 0.0960 e. The van der Waals surface area contributed by atoms with Gasteiger partial charge in [-0.15, -0.1) is 11.8 Å². The summed E-state index contributed by atoms with van der Waals surface area (Å²) in [5.41, 5.74) is -0.122. The molecule has 3 nitrogen and oxygen atoms in total. The Balaban J connectivity index is 2.34. The van der Waals surface area contributed by atoms with Crippen LogP contribution in [0.4, 0.5) is 0 Å². The van der Waals surface area contributed by atoms with Crippen LogP contribution >= 0.6 is 23.4 Å². The van der Waals surface area contributed by atoms with E-state index in [4.69, 9.17) is 11.6 Å². The molecule has 108 valence electrons. The first-order chi connectivity index (χ1) is 9.15. The first-order valence-corrected chi connectivity index (χ1v) is 8.12. The van der Waals surface area contributed by atoms with Gasteiger partial charge >= 0.3 is 0 Å². The molecule has 1 unspecified atom stereocenters.